The molecule has 0 atom stereocenters. The number of nitrogens with one attached hydrogen (secondary N) is 1. The van der Waals surface area contributed by atoms with Crippen molar-refractivity contribution in [1.29, 1.82) is 0 Å². The van der Waals surface area contributed by atoms with E-state index in [1.54, 1.807) is 7.11 Å². The summed E-state index contributed by atoms with van der Waals surface area (Å²) in [4.78, 5) is 6.25. The van der Waals surface area contributed by atoms with Gasteiger partial charge in [0.1, 0.15) is 0 Å². The molecule has 0 saturated carbocycles. The maximum Gasteiger partial charge on any atom is 0.190 e. The highest BCUT2D eigenvalue weighted by Crippen LogP contribution is 2.10. The number of rotatable bonds is 5. The number of methoxy groups -OCH3 is 1. The summed E-state index contributed by atoms with van der Waals surface area (Å²) in [5.74, 6) is 0.0311. The van der Waals surface area contributed by atoms with Crippen molar-refractivity contribution < 1.29 is 4.74 Å². The molecule has 102 valence electrons. The summed E-state index contributed by atoms with van der Waals surface area (Å²) < 4.78 is 5.06. The molecule has 5 N–H and O–H groups in total. The van der Waals surface area contributed by atoms with Gasteiger partial charge >= 0.3 is 0 Å². The molecule has 0 aromatic carbocycles. The Kier molecular flexibility index (Phi) is 6.24. The third kappa shape index (κ3) is 5.20. The molecule has 0 unspecified atom stereocenters. The van der Waals surface area contributed by atoms with Crippen LogP contribution in [0.15, 0.2) is 29.0 Å². The van der Waals surface area contributed by atoms with Crippen LogP contribution < -0.4 is 16.8 Å². The third-order valence-corrected chi connectivity index (χ3v) is 2.64. The number of aliphatic imine (C=N–C) groups is 1. The number of hydrogen-bond acceptors (Lipinski definition) is 4. The van der Waals surface area contributed by atoms with Gasteiger partial charge < -0.3 is 26.4 Å². The molecule has 0 aliphatic carbocycles. The maximum absolute atomic E-state index is 5.38. The van der Waals surface area contributed by atoms with E-state index < -0.39 is 0 Å². The van der Waals surface area contributed by atoms with Crippen LogP contribution in [0.1, 0.15) is 6.42 Å². The molecule has 0 spiro atoms. The van der Waals surface area contributed by atoms with Crippen molar-refractivity contribution in [3.05, 3.63) is 24.0 Å². The largest absolute Gasteiger partial charge is 0.378 e. The molecule has 1 rings (SSSR count). The molecule has 1 fully saturated rings. The lowest BCUT2D eigenvalue weighted by Crippen LogP contribution is -2.27. The molecule has 0 aromatic rings. The van der Waals surface area contributed by atoms with Crippen LogP contribution >= 0.6 is 0 Å². The van der Waals surface area contributed by atoms with Gasteiger partial charge in [0.05, 0.1) is 12.3 Å². The normalized spacial score (nSPS) is 17.2. The van der Waals surface area contributed by atoms with Crippen molar-refractivity contribution in [2.24, 2.45) is 16.5 Å². The maximum atomic E-state index is 5.38. The first-order valence-electron chi connectivity index (χ1n) is 6.07. The van der Waals surface area contributed by atoms with Gasteiger partial charge in [-0.1, -0.05) is 6.58 Å². The molecule has 6 nitrogen and oxygen atoms in total. The molecule has 18 heavy (non-hydrogen) atoms. The van der Waals surface area contributed by atoms with E-state index in [2.05, 4.69) is 21.8 Å². The summed E-state index contributed by atoms with van der Waals surface area (Å²) >= 11 is 0. The van der Waals surface area contributed by atoms with Crippen molar-refractivity contribution in [3.8, 4) is 0 Å². The van der Waals surface area contributed by atoms with Gasteiger partial charge in [-0.15, -0.1) is 0 Å². The van der Waals surface area contributed by atoms with Crippen LogP contribution in [-0.2, 0) is 4.74 Å². The molecule has 1 heterocycles. The molecule has 1 saturated heterocycles. The van der Waals surface area contributed by atoms with Gasteiger partial charge in [-0.05, 0) is 19.0 Å². The fourth-order valence-electron chi connectivity index (χ4n) is 1.84. The Bertz CT molecular complexity index is 325. The molecule has 1 aliphatic heterocycles. The van der Waals surface area contributed by atoms with Crippen LogP contribution in [0.3, 0.4) is 0 Å². The lowest BCUT2D eigenvalue weighted by Gasteiger charge is -2.22. The highest BCUT2D eigenvalue weighted by atomic mass is 16.5. The number of nitrogens with zero attached hydrogens (tertiary/aromatic N) is 2. The second-order valence-electron chi connectivity index (χ2n) is 4.19. The second-order valence-corrected chi connectivity index (χ2v) is 4.19. The van der Waals surface area contributed by atoms with E-state index in [9.17, 15) is 0 Å². The highest BCUT2D eigenvalue weighted by Gasteiger charge is 2.09. The number of ether oxygens (including phenoxy) is 1. The minimum absolute atomic E-state index is 0.0311. The van der Waals surface area contributed by atoms with Gasteiger partial charge in [0.15, 0.2) is 5.96 Å². The van der Waals surface area contributed by atoms with Crippen LogP contribution in [0, 0.1) is 0 Å². The van der Waals surface area contributed by atoms with E-state index in [4.69, 9.17) is 16.2 Å². The standard InChI is InChI=1S/C12H23N5O/c1-10(17-6-3-4-15-5-7-17)8-11(9-18-2)16-12(13)14/h8,15H,1,3-7,9H2,2H3,(H4,13,14,16)/b11-8-. The minimum Gasteiger partial charge on any atom is -0.378 e. The van der Waals surface area contributed by atoms with E-state index >= 15 is 0 Å². The topological polar surface area (TPSA) is 88.9 Å². The first-order valence-corrected chi connectivity index (χ1v) is 6.07. The smallest absolute Gasteiger partial charge is 0.190 e. The Morgan fingerprint density at radius 3 is 2.89 bits per heavy atom. The Morgan fingerprint density at radius 1 is 1.44 bits per heavy atom. The first-order chi connectivity index (χ1) is 8.63. The van der Waals surface area contributed by atoms with E-state index in [0.717, 1.165) is 38.3 Å². The SMILES string of the molecule is C=C(/C=C(/COC)N=C(N)N)N1CCCNCC1. The zero-order chi connectivity index (χ0) is 13.4. The molecule has 0 radical (unpaired) electrons. The van der Waals surface area contributed by atoms with Crippen molar-refractivity contribution in [1.82, 2.24) is 10.2 Å². The van der Waals surface area contributed by atoms with E-state index in [0.29, 0.717) is 12.3 Å². The van der Waals surface area contributed by atoms with Crippen LogP contribution in [0.4, 0.5) is 0 Å². The predicted octanol–water partition coefficient (Wildman–Crippen LogP) is -0.401. The molecule has 0 aromatic heterocycles. The summed E-state index contributed by atoms with van der Waals surface area (Å²) in [6, 6.07) is 0. The molecular formula is C12H23N5O. The summed E-state index contributed by atoms with van der Waals surface area (Å²) in [6.07, 6.45) is 2.98. The third-order valence-electron chi connectivity index (χ3n) is 2.64. The molecule has 0 bridgehead atoms. The quantitative estimate of drug-likeness (QED) is 0.352. The van der Waals surface area contributed by atoms with Gasteiger partial charge in [-0.3, -0.25) is 0 Å². The lowest BCUT2D eigenvalue weighted by molar-refractivity contribution is 0.224. The van der Waals surface area contributed by atoms with E-state index in [1.807, 2.05) is 6.08 Å². The zero-order valence-corrected chi connectivity index (χ0v) is 11.0. The van der Waals surface area contributed by atoms with Gasteiger partial charge in [-0.25, -0.2) is 4.99 Å². The fraction of sp³-hybridized carbons (Fsp3) is 0.583. The Labute approximate surface area is 108 Å². The fourth-order valence-corrected chi connectivity index (χ4v) is 1.84. The second kappa shape index (κ2) is 7.73. The van der Waals surface area contributed by atoms with Crippen molar-refractivity contribution in [2.45, 2.75) is 6.42 Å². The van der Waals surface area contributed by atoms with Crippen LogP contribution in [0.25, 0.3) is 0 Å². The van der Waals surface area contributed by atoms with Crippen LogP contribution in [0.2, 0.25) is 0 Å². The van der Waals surface area contributed by atoms with E-state index in [1.165, 1.54) is 0 Å². The summed E-state index contributed by atoms with van der Waals surface area (Å²) in [7, 11) is 1.61. The molecular weight excluding hydrogens is 230 g/mol. The first kappa shape index (κ1) is 14.5. The Balaban J connectivity index is 2.70. The molecule has 6 heteroatoms. The molecule has 0 amide bonds. The van der Waals surface area contributed by atoms with Crippen LogP contribution in [0.5, 0.6) is 0 Å². The van der Waals surface area contributed by atoms with Crippen molar-refractivity contribution in [3.63, 3.8) is 0 Å². The average molecular weight is 253 g/mol. The number of nitrogens with two attached hydrogens (primary N) is 2. The predicted molar refractivity (Wildman–Crippen MR) is 74.0 cm³/mol. The summed E-state index contributed by atoms with van der Waals surface area (Å²) in [5, 5.41) is 3.35. The average Bonchev–Trinajstić information content (AvgIpc) is 2.56. The Morgan fingerprint density at radius 2 is 2.22 bits per heavy atom. The summed E-state index contributed by atoms with van der Waals surface area (Å²) in [5.41, 5.74) is 12.4. The van der Waals surface area contributed by atoms with Gasteiger partial charge in [0.2, 0.25) is 0 Å². The van der Waals surface area contributed by atoms with E-state index in [-0.39, 0.29) is 5.96 Å². The number of allylic oxidation sites excluding steroid dienone is 1. The Hall–Kier alpha value is -1.53. The van der Waals surface area contributed by atoms with Gasteiger partial charge in [-0.2, -0.15) is 0 Å². The van der Waals surface area contributed by atoms with Crippen LogP contribution in [-0.4, -0.2) is 50.8 Å². The lowest BCUT2D eigenvalue weighted by atomic mass is 10.3. The highest BCUT2D eigenvalue weighted by molar-refractivity contribution is 5.76. The van der Waals surface area contributed by atoms with Crippen molar-refractivity contribution >= 4 is 5.96 Å². The zero-order valence-electron chi connectivity index (χ0n) is 11.0. The minimum atomic E-state index is 0.0311. The number of guanidine groups is 1. The van der Waals surface area contributed by atoms with Gasteiger partial charge in [0.25, 0.3) is 0 Å². The van der Waals surface area contributed by atoms with Crippen molar-refractivity contribution in [2.75, 3.05) is 39.9 Å². The summed E-state index contributed by atoms with van der Waals surface area (Å²) in [6.45, 7) is 8.38. The van der Waals surface area contributed by atoms with Gasteiger partial charge in [0, 0.05) is 32.4 Å². The number of hydrogen-bond donors (Lipinski definition) is 3. The monoisotopic (exact) mass is 253 g/mol. The molecule has 1 aliphatic rings.